The Labute approximate surface area is 96.2 Å². The van der Waals surface area contributed by atoms with Crippen LogP contribution in [0.1, 0.15) is 39.6 Å². The van der Waals surface area contributed by atoms with Gasteiger partial charge in [-0.25, -0.2) is 15.0 Å². The summed E-state index contributed by atoms with van der Waals surface area (Å²) in [5.41, 5.74) is 0. The largest absolute Gasteiger partial charge is 0.353 e. The average molecular weight is 225 g/mol. The normalized spacial score (nSPS) is 15.1. The van der Waals surface area contributed by atoms with E-state index in [1.165, 1.54) is 12.7 Å². The molecule has 1 aromatic rings. The molecule has 0 saturated heterocycles. The van der Waals surface area contributed by atoms with E-state index in [4.69, 9.17) is 9.47 Å². The lowest BCUT2D eigenvalue weighted by Gasteiger charge is -2.19. The minimum Gasteiger partial charge on any atom is -0.353 e. The molecule has 0 saturated carbocycles. The molecule has 0 bridgehead atoms. The van der Waals surface area contributed by atoms with Gasteiger partial charge < -0.3 is 9.47 Å². The standard InChI is InChI=1S/C11H19N3O2/c1-8(2)5-15-10(4)16-9(3)11-13-6-12-7-14-11/h6-10H,5H2,1-4H3. The van der Waals surface area contributed by atoms with Crippen LogP contribution in [0.5, 0.6) is 0 Å². The number of hydrogen-bond donors (Lipinski definition) is 0. The molecule has 0 N–H and O–H groups in total. The fraction of sp³-hybridized carbons (Fsp3) is 0.727. The fourth-order valence-electron chi connectivity index (χ4n) is 1.17. The van der Waals surface area contributed by atoms with Crippen molar-refractivity contribution in [3.63, 3.8) is 0 Å². The summed E-state index contributed by atoms with van der Waals surface area (Å²) in [7, 11) is 0. The van der Waals surface area contributed by atoms with Crippen molar-refractivity contribution in [2.45, 2.75) is 40.1 Å². The molecule has 2 unspecified atom stereocenters. The number of hydrogen-bond acceptors (Lipinski definition) is 5. The third kappa shape index (κ3) is 4.63. The zero-order valence-electron chi connectivity index (χ0n) is 10.3. The van der Waals surface area contributed by atoms with Crippen LogP contribution in [0.25, 0.3) is 0 Å². The van der Waals surface area contributed by atoms with Gasteiger partial charge in [0.05, 0.1) is 6.61 Å². The van der Waals surface area contributed by atoms with Crippen molar-refractivity contribution in [1.29, 1.82) is 0 Å². The van der Waals surface area contributed by atoms with E-state index >= 15 is 0 Å². The molecule has 5 heteroatoms. The summed E-state index contributed by atoms with van der Waals surface area (Å²) in [6.07, 6.45) is 2.48. The van der Waals surface area contributed by atoms with Crippen molar-refractivity contribution in [2.75, 3.05) is 6.61 Å². The summed E-state index contributed by atoms with van der Waals surface area (Å²) in [4.78, 5) is 11.8. The monoisotopic (exact) mass is 225 g/mol. The first-order chi connectivity index (χ1) is 7.59. The Morgan fingerprint density at radius 3 is 2.31 bits per heavy atom. The zero-order chi connectivity index (χ0) is 12.0. The second-order valence-electron chi connectivity index (χ2n) is 4.07. The lowest BCUT2D eigenvalue weighted by Crippen LogP contribution is -2.19. The van der Waals surface area contributed by atoms with E-state index in [1.807, 2.05) is 13.8 Å². The maximum Gasteiger partial charge on any atom is 0.160 e. The van der Waals surface area contributed by atoms with Crippen molar-refractivity contribution >= 4 is 0 Å². The predicted molar refractivity (Wildman–Crippen MR) is 59.6 cm³/mol. The number of ether oxygens (including phenoxy) is 2. The highest BCUT2D eigenvalue weighted by Crippen LogP contribution is 2.14. The molecule has 1 heterocycles. The van der Waals surface area contributed by atoms with E-state index < -0.39 is 0 Å². The topological polar surface area (TPSA) is 57.1 Å². The summed E-state index contributed by atoms with van der Waals surface area (Å²) < 4.78 is 11.1. The molecule has 0 aromatic carbocycles. The molecule has 0 fully saturated rings. The molecule has 1 aromatic heterocycles. The summed E-state index contributed by atoms with van der Waals surface area (Å²) in [6, 6.07) is 0. The van der Waals surface area contributed by atoms with Crippen molar-refractivity contribution in [3.05, 3.63) is 18.5 Å². The summed E-state index contributed by atoms with van der Waals surface area (Å²) in [5.74, 6) is 1.12. The lowest BCUT2D eigenvalue weighted by molar-refractivity contribution is -0.164. The average Bonchev–Trinajstić information content (AvgIpc) is 2.27. The number of nitrogens with zero attached hydrogens (tertiary/aromatic N) is 3. The second kappa shape index (κ2) is 6.50. The van der Waals surface area contributed by atoms with Crippen LogP contribution in [0.3, 0.4) is 0 Å². The van der Waals surface area contributed by atoms with Crippen LogP contribution in [0.15, 0.2) is 12.7 Å². The van der Waals surface area contributed by atoms with Gasteiger partial charge in [0.2, 0.25) is 0 Å². The first-order valence-corrected chi connectivity index (χ1v) is 5.48. The highest BCUT2D eigenvalue weighted by molar-refractivity contribution is 4.85. The van der Waals surface area contributed by atoms with Gasteiger partial charge >= 0.3 is 0 Å². The van der Waals surface area contributed by atoms with Crippen molar-refractivity contribution < 1.29 is 9.47 Å². The number of aromatic nitrogens is 3. The molecule has 90 valence electrons. The lowest BCUT2D eigenvalue weighted by atomic mass is 10.2. The van der Waals surface area contributed by atoms with Crippen molar-refractivity contribution in [1.82, 2.24) is 15.0 Å². The van der Waals surface area contributed by atoms with E-state index in [0.717, 1.165) is 0 Å². The van der Waals surface area contributed by atoms with Gasteiger partial charge in [0.15, 0.2) is 12.1 Å². The zero-order valence-corrected chi connectivity index (χ0v) is 10.3. The highest BCUT2D eigenvalue weighted by Gasteiger charge is 2.13. The van der Waals surface area contributed by atoms with Crippen LogP contribution >= 0.6 is 0 Å². The van der Waals surface area contributed by atoms with Gasteiger partial charge in [-0.2, -0.15) is 0 Å². The van der Waals surface area contributed by atoms with Gasteiger partial charge in [0.25, 0.3) is 0 Å². The molecular formula is C11H19N3O2. The molecule has 16 heavy (non-hydrogen) atoms. The fourth-order valence-corrected chi connectivity index (χ4v) is 1.17. The minimum atomic E-state index is -0.255. The Morgan fingerprint density at radius 1 is 1.12 bits per heavy atom. The van der Waals surface area contributed by atoms with Crippen LogP contribution in [0.2, 0.25) is 0 Å². The Kier molecular flexibility index (Phi) is 5.28. The minimum absolute atomic E-state index is 0.190. The highest BCUT2D eigenvalue weighted by atomic mass is 16.7. The van der Waals surface area contributed by atoms with Crippen LogP contribution in [0.4, 0.5) is 0 Å². The summed E-state index contributed by atoms with van der Waals surface area (Å²) >= 11 is 0. The Bertz CT molecular complexity index is 293. The molecule has 5 nitrogen and oxygen atoms in total. The Balaban J connectivity index is 2.36. The Morgan fingerprint density at radius 2 is 1.75 bits per heavy atom. The smallest absolute Gasteiger partial charge is 0.160 e. The van der Waals surface area contributed by atoms with Gasteiger partial charge in [0.1, 0.15) is 18.8 Å². The summed E-state index contributed by atoms with van der Waals surface area (Å²) in [6.45, 7) is 8.65. The molecule has 0 aliphatic rings. The molecule has 2 atom stereocenters. The molecule has 0 aliphatic heterocycles. The number of rotatable bonds is 6. The molecule has 1 rings (SSSR count). The SMILES string of the molecule is CC(C)COC(C)OC(C)c1ncncn1. The van der Waals surface area contributed by atoms with Crippen molar-refractivity contribution in [2.24, 2.45) is 5.92 Å². The predicted octanol–water partition coefficient (Wildman–Crippen LogP) is 1.97. The second-order valence-corrected chi connectivity index (χ2v) is 4.07. The molecule has 0 radical (unpaired) electrons. The molecule has 0 amide bonds. The van der Waals surface area contributed by atoms with Gasteiger partial charge in [-0.3, -0.25) is 0 Å². The maximum absolute atomic E-state index is 5.61. The van der Waals surface area contributed by atoms with Crippen molar-refractivity contribution in [3.8, 4) is 0 Å². The van der Waals surface area contributed by atoms with E-state index in [9.17, 15) is 0 Å². The van der Waals surface area contributed by atoms with Gasteiger partial charge in [-0.1, -0.05) is 13.8 Å². The van der Waals surface area contributed by atoms with Gasteiger partial charge in [0, 0.05) is 0 Å². The van der Waals surface area contributed by atoms with Crippen LogP contribution in [-0.4, -0.2) is 27.8 Å². The quantitative estimate of drug-likeness (QED) is 0.693. The summed E-state index contributed by atoms with van der Waals surface area (Å²) in [5, 5.41) is 0. The first kappa shape index (κ1) is 13.0. The van der Waals surface area contributed by atoms with E-state index in [0.29, 0.717) is 18.3 Å². The first-order valence-electron chi connectivity index (χ1n) is 5.48. The molecule has 0 spiro atoms. The van der Waals surface area contributed by atoms with E-state index in [-0.39, 0.29) is 12.4 Å². The third-order valence-electron chi connectivity index (χ3n) is 1.94. The van der Waals surface area contributed by atoms with Crippen LogP contribution in [-0.2, 0) is 9.47 Å². The third-order valence-corrected chi connectivity index (χ3v) is 1.94. The van der Waals surface area contributed by atoms with Gasteiger partial charge in [-0.15, -0.1) is 0 Å². The van der Waals surface area contributed by atoms with E-state index in [1.54, 1.807) is 0 Å². The Hall–Kier alpha value is -1.07. The molecular weight excluding hydrogens is 206 g/mol. The van der Waals surface area contributed by atoms with Crippen LogP contribution in [0, 0.1) is 5.92 Å². The van der Waals surface area contributed by atoms with E-state index in [2.05, 4.69) is 28.8 Å². The van der Waals surface area contributed by atoms with Crippen LogP contribution < -0.4 is 0 Å². The maximum atomic E-state index is 5.61. The molecule has 0 aliphatic carbocycles. The van der Waals surface area contributed by atoms with Gasteiger partial charge in [-0.05, 0) is 19.8 Å².